The minimum atomic E-state index is 0.177. The zero-order valence-corrected chi connectivity index (χ0v) is 10.9. The van der Waals surface area contributed by atoms with E-state index in [2.05, 4.69) is 11.9 Å². The molecular formula is C13H19NOS. The molecule has 0 amide bonds. The van der Waals surface area contributed by atoms with Crippen molar-refractivity contribution >= 4 is 17.1 Å². The molecular weight excluding hydrogens is 218 g/mol. The van der Waals surface area contributed by atoms with Crippen LogP contribution in [0.5, 0.6) is 0 Å². The zero-order chi connectivity index (χ0) is 11.5. The monoisotopic (exact) mass is 237 g/mol. The van der Waals surface area contributed by atoms with Gasteiger partial charge in [-0.3, -0.25) is 4.79 Å². The van der Waals surface area contributed by atoms with Gasteiger partial charge in [-0.15, -0.1) is 11.3 Å². The molecule has 0 N–H and O–H groups in total. The highest BCUT2D eigenvalue weighted by Gasteiger charge is 2.22. The van der Waals surface area contributed by atoms with Crippen LogP contribution in [0.1, 0.15) is 72.2 Å². The van der Waals surface area contributed by atoms with Crippen molar-refractivity contribution in [1.82, 2.24) is 4.98 Å². The smallest absolute Gasteiger partial charge is 0.171 e. The van der Waals surface area contributed by atoms with E-state index in [0.717, 1.165) is 17.0 Å². The predicted molar refractivity (Wildman–Crippen MR) is 67.3 cm³/mol. The van der Waals surface area contributed by atoms with E-state index in [9.17, 15) is 4.79 Å². The number of nitrogens with zero attached hydrogens (tertiary/aromatic N) is 1. The van der Waals surface area contributed by atoms with Gasteiger partial charge in [0.05, 0.1) is 15.6 Å². The SMILES string of the molecule is CCc1nc(C2CCCCC2)sc1C(C)=O. The minimum Gasteiger partial charge on any atom is -0.294 e. The van der Waals surface area contributed by atoms with Crippen LogP contribution in [0.3, 0.4) is 0 Å². The largest absolute Gasteiger partial charge is 0.294 e. The molecule has 2 rings (SSSR count). The van der Waals surface area contributed by atoms with E-state index in [1.807, 2.05) is 0 Å². The van der Waals surface area contributed by atoms with Crippen molar-refractivity contribution < 1.29 is 4.79 Å². The average molecular weight is 237 g/mol. The van der Waals surface area contributed by atoms with E-state index in [4.69, 9.17) is 0 Å². The van der Waals surface area contributed by atoms with Crippen LogP contribution in [0.25, 0.3) is 0 Å². The summed E-state index contributed by atoms with van der Waals surface area (Å²) >= 11 is 1.64. The molecule has 0 spiro atoms. The molecule has 1 aromatic heterocycles. The fourth-order valence-corrected chi connectivity index (χ4v) is 3.63. The van der Waals surface area contributed by atoms with Crippen LogP contribution in [0.2, 0.25) is 0 Å². The summed E-state index contributed by atoms with van der Waals surface area (Å²) in [5.41, 5.74) is 1.01. The second kappa shape index (κ2) is 5.09. The van der Waals surface area contributed by atoms with Gasteiger partial charge in [-0.05, 0) is 19.3 Å². The van der Waals surface area contributed by atoms with Gasteiger partial charge in [0.25, 0.3) is 0 Å². The number of aromatic nitrogens is 1. The standard InChI is InChI=1S/C13H19NOS/c1-3-11-12(9(2)15)16-13(14-11)10-7-5-4-6-8-10/h10H,3-8H2,1-2H3. The molecule has 16 heavy (non-hydrogen) atoms. The maximum absolute atomic E-state index is 11.5. The normalized spacial score (nSPS) is 17.6. The first kappa shape index (κ1) is 11.8. The summed E-state index contributed by atoms with van der Waals surface area (Å²) in [5, 5.41) is 1.21. The molecule has 1 saturated carbocycles. The van der Waals surface area contributed by atoms with Gasteiger partial charge in [0, 0.05) is 12.8 Å². The van der Waals surface area contributed by atoms with Crippen LogP contribution in [0.4, 0.5) is 0 Å². The van der Waals surface area contributed by atoms with Crippen LogP contribution >= 0.6 is 11.3 Å². The number of carbonyl (C=O) groups is 1. The molecule has 0 saturated heterocycles. The highest BCUT2D eigenvalue weighted by Crippen LogP contribution is 2.36. The van der Waals surface area contributed by atoms with Gasteiger partial charge in [0.2, 0.25) is 0 Å². The Hall–Kier alpha value is -0.700. The van der Waals surface area contributed by atoms with E-state index >= 15 is 0 Å². The van der Waals surface area contributed by atoms with E-state index < -0.39 is 0 Å². The van der Waals surface area contributed by atoms with Crippen LogP contribution in [-0.2, 0) is 6.42 Å². The molecule has 1 aliphatic carbocycles. The van der Waals surface area contributed by atoms with Gasteiger partial charge in [-0.1, -0.05) is 26.2 Å². The van der Waals surface area contributed by atoms with Crippen molar-refractivity contribution in [3.8, 4) is 0 Å². The van der Waals surface area contributed by atoms with Crippen molar-refractivity contribution in [2.24, 2.45) is 0 Å². The summed E-state index contributed by atoms with van der Waals surface area (Å²) in [7, 11) is 0. The van der Waals surface area contributed by atoms with Crippen LogP contribution in [0.15, 0.2) is 0 Å². The van der Waals surface area contributed by atoms with Crippen LogP contribution in [0, 0.1) is 0 Å². The number of hydrogen-bond donors (Lipinski definition) is 0. The Morgan fingerprint density at radius 1 is 1.38 bits per heavy atom. The molecule has 1 heterocycles. The van der Waals surface area contributed by atoms with Gasteiger partial charge in [-0.2, -0.15) is 0 Å². The Labute approximate surface area is 101 Å². The summed E-state index contributed by atoms with van der Waals surface area (Å²) in [6, 6.07) is 0. The van der Waals surface area contributed by atoms with Gasteiger partial charge < -0.3 is 0 Å². The maximum Gasteiger partial charge on any atom is 0.171 e. The van der Waals surface area contributed by atoms with E-state index in [1.54, 1.807) is 18.3 Å². The lowest BCUT2D eigenvalue weighted by Crippen LogP contribution is -2.04. The van der Waals surface area contributed by atoms with E-state index in [1.165, 1.54) is 37.1 Å². The van der Waals surface area contributed by atoms with Gasteiger partial charge in [-0.25, -0.2) is 4.98 Å². The molecule has 0 atom stereocenters. The van der Waals surface area contributed by atoms with Gasteiger partial charge in [0.15, 0.2) is 5.78 Å². The van der Waals surface area contributed by atoms with Crippen molar-refractivity contribution in [3.05, 3.63) is 15.6 Å². The highest BCUT2D eigenvalue weighted by atomic mass is 32.1. The second-order valence-corrected chi connectivity index (χ2v) is 5.60. The summed E-state index contributed by atoms with van der Waals surface area (Å²) in [5.74, 6) is 0.800. The second-order valence-electron chi connectivity index (χ2n) is 4.57. The lowest BCUT2D eigenvalue weighted by Gasteiger charge is -2.18. The number of carbonyl (C=O) groups excluding carboxylic acids is 1. The first-order valence-corrected chi connectivity index (χ1v) is 7.04. The summed E-state index contributed by atoms with van der Waals surface area (Å²) in [6.07, 6.45) is 7.39. The fourth-order valence-electron chi connectivity index (χ4n) is 2.41. The summed E-state index contributed by atoms with van der Waals surface area (Å²) < 4.78 is 0. The molecule has 2 nitrogen and oxygen atoms in total. The molecule has 88 valence electrons. The summed E-state index contributed by atoms with van der Waals surface area (Å²) in [6.45, 7) is 3.73. The maximum atomic E-state index is 11.5. The third-order valence-electron chi connectivity index (χ3n) is 3.32. The van der Waals surface area contributed by atoms with E-state index in [0.29, 0.717) is 5.92 Å². The molecule has 0 bridgehead atoms. The third-order valence-corrected chi connectivity index (χ3v) is 4.68. The molecule has 3 heteroatoms. The highest BCUT2D eigenvalue weighted by molar-refractivity contribution is 7.13. The number of Topliss-reactive ketones (excluding diaryl/α,β-unsaturated/α-hetero) is 1. The van der Waals surface area contributed by atoms with Crippen LogP contribution in [-0.4, -0.2) is 10.8 Å². The zero-order valence-electron chi connectivity index (χ0n) is 10.1. The van der Waals surface area contributed by atoms with Gasteiger partial charge >= 0.3 is 0 Å². The molecule has 1 aliphatic rings. The molecule has 0 aromatic carbocycles. The quantitative estimate of drug-likeness (QED) is 0.745. The Balaban J connectivity index is 2.24. The van der Waals surface area contributed by atoms with Crippen molar-refractivity contribution in [1.29, 1.82) is 0 Å². The Morgan fingerprint density at radius 3 is 2.56 bits per heavy atom. The van der Waals surface area contributed by atoms with Gasteiger partial charge in [0.1, 0.15) is 0 Å². The average Bonchev–Trinajstić information content (AvgIpc) is 2.74. The van der Waals surface area contributed by atoms with Crippen molar-refractivity contribution in [2.45, 2.75) is 58.3 Å². The van der Waals surface area contributed by atoms with Crippen molar-refractivity contribution in [2.75, 3.05) is 0 Å². The number of aryl methyl sites for hydroxylation is 1. The van der Waals surface area contributed by atoms with E-state index in [-0.39, 0.29) is 5.78 Å². The van der Waals surface area contributed by atoms with Crippen LogP contribution < -0.4 is 0 Å². The number of hydrogen-bond acceptors (Lipinski definition) is 3. The molecule has 0 unspecified atom stereocenters. The topological polar surface area (TPSA) is 30.0 Å². The third kappa shape index (κ3) is 2.34. The Kier molecular flexibility index (Phi) is 3.74. The van der Waals surface area contributed by atoms with Crippen molar-refractivity contribution in [3.63, 3.8) is 0 Å². The molecule has 1 fully saturated rings. The molecule has 0 radical (unpaired) electrons. The Morgan fingerprint density at radius 2 is 2.06 bits per heavy atom. The fraction of sp³-hybridized carbons (Fsp3) is 0.692. The Bertz CT molecular complexity index is 377. The first-order valence-electron chi connectivity index (χ1n) is 6.23. The molecule has 0 aliphatic heterocycles. The number of rotatable bonds is 3. The minimum absolute atomic E-state index is 0.177. The number of ketones is 1. The summed E-state index contributed by atoms with van der Waals surface area (Å²) in [4.78, 5) is 17.1. The molecule has 1 aromatic rings. The lowest BCUT2D eigenvalue weighted by molar-refractivity contribution is 0.102. The predicted octanol–water partition coefficient (Wildman–Crippen LogP) is 3.96. The first-order chi connectivity index (χ1) is 7.72. The number of thiazole rings is 1. The lowest BCUT2D eigenvalue weighted by atomic mass is 9.90.